The van der Waals surface area contributed by atoms with Crippen molar-refractivity contribution in [3.8, 4) is 0 Å². The second-order valence-corrected chi connectivity index (χ2v) is 5.02. The molecule has 1 aromatic carbocycles. The van der Waals surface area contributed by atoms with Crippen molar-refractivity contribution in [1.29, 1.82) is 0 Å². The third-order valence-corrected chi connectivity index (χ3v) is 2.70. The average molecular weight is 312 g/mol. The van der Waals surface area contributed by atoms with Crippen LogP contribution in [-0.4, -0.2) is 16.8 Å². The molecule has 0 aliphatic carbocycles. The van der Waals surface area contributed by atoms with E-state index < -0.39 is 0 Å². The van der Waals surface area contributed by atoms with E-state index >= 15 is 0 Å². The summed E-state index contributed by atoms with van der Waals surface area (Å²) in [5, 5.41) is 6.74. The van der Waals surface area contributed by atoms with Gasteiger partial charge in [-0.25, -0.2) is 4.39 Å². The van der Waals surface area contributed by atoms with Crippen LogP contribution in [0.3, 0.4) is 0 Å². The van der Waals surface area contributed by atoms with Crippen molar-refractivity contribution in [1.82, 2.24) is 21.5 Å². The maximum absolute atomic E-state index is 12.7. The van der Waals surface area contributed by atoms with Crippen LogP contribution < -0.4 is 21.5 Å². The molecule has 0 unspecified atom stereocenters. The molecule has 108 valence electrons. The predicted molar refractivity (Wildman–Crippen MR) is 87.5 cm³/mol. The monoisotopic (exact) mass is 312 g/mol. The molecule has 1 aromatic rings. The lowest BCUT2D eigenvalue weighted by molar-refractivity contribution is 0.626. The molecule has 0 spiro atoms. The van der Waals surface area contributed by atoms with Crippen LogP contribution in [0.25, 0.3) is 0 Å². The van der Waals surface area contributed by atoms with Gasteiger partial charge >= 0.3 is 0 Å². The summed E-state index contributed by atoms with van der Waals surface area (Å²) in [6.07, 6.45) is 0. The molecule has 1 rings (SSSR count). The van der Waals surface area contributed by atoms with E-state index in [4.69, 9.17) is 24.4 Å². The normalized spacial score (nSPS) is 9.50. The summed E-state index contributed by atoms with van der Waals surface area (Å²) < 4.78 is 12.7. The first-order chi connectivity index (χ1) is 9.47. The highest BCUT2D eigenvalue weighted by atomic mass is 32.1. The molecule has 0 saturated carbocycles. The van der Waals surface area contributed by atoms with E-state index in [9.17, 15) is 4.39 Å². The summed E-state index contributed by atoms with van der Waals surface area (Å²) in [6.45, 7) is 6.76. The Hall–Kier alpha value is -1.73. The minimum atomic E-state index is -0.259. The minimum Gasteiger partial charge on any atom is -0.358 e. The van der Waals surface area contributed by atoms with E-state index in [0.717, 1.165) is 11.1 Å². The second kappa shape index (κ2) is 8.44. The van der Waals surface area contributed by atoms with Crippen molar-refractivity contribution in [2.24, 2.45) is 0 Å². The number of hydrogen-bond acceptors (Lipinski definition) is 2. The van der Waals surface area contributed by atoms with Gasteiger partial charge in [0.05, 0.1) is 0 Å². The van der Waals surface area contributed by atoms with Gasteiger partial charge in [-0.05, 0) is 49.1 Å². The molecule has 4 nitrogen and oxygen atoms in total. The fourth-order valence-corrected chi connectivity index (χ4v) is 1.46. The average Bonchev–Trinajstić information content (AvgIpc) is 2.42. The number of benzene rings is 1. The molecule has 20 heavy (non-hydrogen) atoms. The fourth-order valence-electron chi connectivity index (χ4n) is 1.22. The first-order valence-electron chi connectivity index (χ1n) is 5.94. The minimum absolute atomic E-state index is 0.259. The summed E-state index contributed by atoms with van der Waals surface area (Å²) in [5.41, 5.74) is 7.41. The Morgan fingerprint density at radius 1 is 1.10 bits per heavy atom. The number of hydrazine groups is 1. The highest BCUT2D eigenvalue weighted by Gasteiger charge is 1.98. The highest BCUT2D eigenvalue weighted by molar-refractivity contribution is 7.80. The van der Waals surface area contributed by atoms with Crippen LogP contribution in [0, 0.1) is 5.82 Å². The van der Waals surface area contributed by atoms with Gasteiger partial charge in [0.15, 0.2) is 10.2 Å². The molecule has 0 bridgehead atoms. The predicted octanol–water partition coefficient (Wildman–Crippen LogP) is 1.74. The second-order valence-electron chi connectivity index (χ2n) is 4.20. The van der Waals surface area contributed by atoms with E-state index in [0.29, 0.717) is 23.3 Å². The zero-order valence-electron chi connectivity index (χ0n) is 11.1. The molecular weight excluding hydrogens is 295 g/mol. The largest absolute Gasteiger partial charge is 0.358 e. The lowest BCUT2D eigenvalue weighted by Crippen LogP contribution is -2.50. The Labute approximate surface area is 128 Å². The summed E-state index contributed by atoms with van der Waals surface area (Å²) in [4.78, 5) is 0. The topological polar surface area (TPSA) is 48.1 Å². The molecule has 4 N–H and O–H groups in total. The van der Waals surface area contributed by atoms with Gasteiger partial charge in [-0.3, -0.25) is 10.9 Å². The van der Waals surface area contributed by atoms with Crippen LogP contribution in [0.1, 0.15) is 12.5 Å². The Bertz CT molecular complexity index is 488. The fraction of sp³-hybridized carbons (Fsp3) is 0.231. The van der Waals surface area contributed by atoms with Gasteiger partial charge in [0.25, 0.3) is 0 Å². The van der Waals surface area contributed by atoms with Gasteiger partial charge in [-0.2, -0.15) is 0 Å². The molecule has 0 heterocycles. The summed E-state index contributed by atoms with van der Waals surface area (Å²) in [5.74, 6) is -0.259. The third kappa shape index (κ3) is 7.01. The lowest BCUT2D eigenvalue weighted by Gasteiger charge is -2.14. The van der Waals surface area contributed by atoms with Gasteiger partial charge in [0.2, 0.25) is 0 Å². The summed E-state index contributed by atoms with van der Waals surface area (Å²) >= 11 is 10.1. The summed E-state index contributed by atoms with van der Waals surface area (Å²) in [6, 6.07) is 6.19. The van der Waals surface area contributed by atoms with Crippen molar-refractivity contribution in [3.05, 3.63) is 47.8 Å². The van der Waals surface area contributed by atoms with Gasteiger partial charge in [-0.1, -0.05) is 24.3 Å². The quantitative estimate of drug-likeness (QED) is 0.386. The van der Waals surface area contributed by atoms with E-state index in [2.05, 4.69) is 28.1 Å². The van der Waals surface area contributed by atoms with Crippen molar-refractivity contribution >= 4 is 34.7 Å². The van der Waals surface area contributed by atoms with E-state index in [1.54, 1.807) is 12.1 Å². The molecule has 0 amide bonds. The number of hydrogen-bond donors (Lipinski definition) is 4. The molecule has 0 aliphatic heterocycles. The first-order valence-corrected chi connectivity index (χ1v) is 6.75. The molecule has 0 fully saturated rings. The highest BCUT2D eigenvalue weighted by Crippen LogP contribution is 2.01. The molecule has 7 heteroatoms. The van der Waals surface area contributed by atoms with E-state index in [1.165, 1.54) is 12.1 Å². The zero-order valence-corrected chi connectivity index (χ0v) is 12.8. The maximum Gasteiger partial charge on any atom is 0.185 e. The van der Waals surface area contributed by atoms with Gasteiger partial charge in [-0.15, -0.1) is 0 Å². The van der Waals surface area contributed by atoms with Crippen molar-refractivity contribution < 1.29 is 4.39 Å². The molecule has 0 radical (unpaired) electrons. The van der Waals surface area contributed by atoms with Gasteiger partial charge in [0, 0.05) is 13.1 Å². The van der Waals surface area contributed by atoms with Gasteiger partial charge in [0.1, 0.15) is 5.82 Å². The molecule has 0 atom stereocenters. The van der Waals surface area contributed by atoms with Crippen LogP contribution in [0.15, 0.2) is 36.4 Å². The Morgan fingerprint density at radius 3 is 2.20 bits per heavy atom. The van der Waals surface area contributed by atoms with E-state index in [-0.39, 0.29) is 5.82 Å². The lowest BCUT2D eigenvalue weighted by atomic mass is 10.2. The standard InChI is InChI=1S/C13H17FN4S2/c1-9(2)7-15-12(19)17-18-13(20)16-8-10-3-5-11(14)6-4-10/h3-6H,1,7-8H2,2H3,(H2,15,17,19)(H2,16,18,20). The number of thiocarbonyl (C=S) groups is 2. The SMILES string of the molecule is C=C(C)CNC(=S)NNC(=S)NCc1ccc(F)cc1. The van der Waals surface area contributed by atoms with Crippen LogP contribution in [0.5, 0.6) is 0 Å². The maximum atomic E-state index is 12.7. The molecular formula is C13H17FN4S2. The molecule has 0 saturated heterocycles. The Balaban J connectivity index is 2.21. The van der Waals surface area contributed by atoms with Crippen molar-refractivity contribution in [3.63, 3.8) is 0 Å². The van der Waals surface area contributed by atoms with Crippen LogP contribution in [-0.2, 0) is 6.54 Å². The molecule has 0 aliphatic rings. The molecule has 0 aromatic heterocycles. The third-order valence-electron chi connectivity index (χ3n) is 2.21. The summed E-state index contributed by atoms with van der Waals surface area (Å²) in [7, 11) is 0. The number of rotatable bonds is 4. The van der Waals surface area contributed by atoms with Crippen LogP contribution in [0.4, 0.5) is 4.39 Å². The Kier molecular flexibility index (Phi) is 6.89. The first kappa shape index (κ1) is 16.3. The van der Waals surface area contributed by atoms with E-state index in [1.807, 2.05) is 6.92 Å². The van der Waals surface area contributed by atoms with Crippen LogP contribution >= 0.6 is 24.4 Å². The van der Waals surface area contributed by atoms with Gasteiger partial charge < -0.3 is 10.6 Å². The van der Waals surface area contributed by atoms with Crippen molar-refractivity contribution in [2.45, 2.75) is 13.5 Å². The number of nitrogens with one attached hydrogen (secondary N) is 4. The number of halogens is 1. The zero-order chi connectivity index (χ0) is 15.0. The smallest absolute Gasteiger partial charge is 0.185 e. The Morgan fingerprint density at radius 2 is 1.65 bits per heavy atom. The van der Waals surface area contributed by atoms with Crippen LogP contribution in [0.2, 0.25) is 0 Å². The van der Waals surface area contributed by atoms with Crippen molar-refractivity contribution in [2.75, 3.05) is 6.54 Å².